The summed E-state index contributed by atoms with van der Waals surface area (Å²) >= 11 is 5.59. The molecule has 2 rings (SSSR count). The van der Waals surface area contributed by atoms with Crippen LogP contribution in [0.1, 0.15) is 33.9 Å². The number of rotatable bonds is 7. The lowest BCUT2D eigenvalue weighted by molar-refractivity contribution is -0.138. The van der Waals surface area contributed by atoms with Crippen molar-refractivity contribution in [1.82, 2.24) is 10.6 Å². The van der Waals surface area contributed by atoms with Crippen molar-refractivity contribution in [2.75, 3.05) is 6.54 Å². The van der Waals surface area contributed by atoms with Crippen molar-refractivity contribution in [3.05, 3.63) is 70.0 Å². The van der Waals surface area contributed by atoms with Crippen LogP contribution in [0.2, 0.25) is 5.02 Å². The number of amides is 2. The van der Waals surface area contributed by atoms with Gasteiger partial charge in [-0.1, -0.05) is 17.7 Å². The molecular formula is C19H15ClF4N2O4. The van der Waals surface area contributed by atoms with Crippen LogP contribution in [0.15, 0.2) is 42.5 Å². The van der Waals surface area contributed by atoms with E-state index in [0.717, 1.165) is 30.3 Å². The van der Waals surface area contributed by atoms with E-state index in [1.54, 1.807) is 0 Å². The van der Waals surface area contributed by atoms with Crippen LogP contribution in [0.5, 0.6) is 0 Å². The highest BCUT2D eigenvalue weighted by Crippen LogP contribution is 2.29. The van der Waals surface area contributed by atoms with Crippen LogP contribution < -0.4 is 10.6 Å². The normalized spacial score (nSPS) is 12.2. The zero-order valence-corrected chi connectivity index (χ0v) is 15.9. The molecule has 0 aliphatic carbocycles. The van der Waals surface area contributed by atoms with E-state index in [2.05, 4.69) is 10.6 Å². The average molecular weight is 447 g/mol. The first kappa shape index (κ1) is 23.1. The van der Waals surface area contributed by atoms with Crippen LogP contribution in [-0.2, 0) is 15.8 Å². The van der Waals surface area contributed by atoms with Gasteiger partial charge in [-0.05, 0) is 42.0 Å². The Bertz CT molecular complexity index is 949. The van der Waals surface area contributed by atoms with Gasteiger partial charge in [-0.25, -0.2) is 4.39 Å². The molecule has 6 nitrogen and oxygen atoms in total. The molecular weight excluding hydrogens is 432 g/mol. The summed E-state index contributed by atoms with van der Waals surface area (Å²) in [5.74, 6) is -3.64. The third-order valence-electron chi connectivity index (χ3n) is 3.94. The number of carbonyl (C=O) groups is 3. The third kappa shape index (κ3) is 6.45. The fourth-order valence-corrected chi connectivity index (χ4v) is 2.59. The molecule has 0 fully saturated rings. The fraction of sp³-hybridized carbons (Fsp3) is 0.211. The van der Waals surface area contributed by atoms with E-state index in [9.17, 15) is 31.9 Å². The lowest BCUT2D eigenvalue weighted by Gasteiger charge is -2.18. The van der Waals surface area contributed by atoms with Gasteiger partial charge in [0, 0.05) is 5.56 Å². The van der Waals surface area contributed by atoms with Gasteiger partial charge in [0.05, 0.1) is 29.6 Å². The third-order valence-corrected chi connectivity index (χ3v) is 4.25. The number of halogens is 5. The molecule has 1 atom stereocenters. The maximum Gasteiger partial charge on any atom is 0.416 e. The molecule has 0 saturated heterocycles. The van der Waals surface area contributed by atoms with Gasteiger partial charge in [-0.2, -0.15) is 13.2 Å². The Morgan fingerprint density at radius 3 is 2.23 bits per heavy atom. The summed E-state index contributed by atoms with van der Waals surface area (Å²) in [5, 5.41) is 13.4. The Kier molecular flexibility index (Phi) is 7.38. The Balaban J connectivity index is 2.00. The van der Waals surface area contributed by atoms with Crippen molar-refractivity contribution >= 4 is 29.4 Å². The lowest BCUT2D eigenvalue weighted by atomic mass is 10.0. The topological polar surface area (TPSA) is 95.5 Å². The number of carboxylic acids is 1. The molecule has 0 bridgehead atoms. The molecule has 0 aromatic heterocycles. The van der Waals surface area contributed by atoms with E-state index in [1.165, 1.54) is 12.1 Å². The summed E-state index contributed by atoms with van der Waals surface area (Å²) in [6.07, 6.45) is -5.10. The molecule has 0 heterocycles. The number of alkyl halides is 3. The molecule has 30 heavy (non-hydrogen) atoms. The second-order valence-electron chi connectivity index (χ2n) is 6.15. The van der Waals surface area contributed by atoms with Gasteiger partial charge in [0.15, 0.2) is 0 Å². The van der Waals surface area contributed by atoms with Crippen LogP contribution in [0.3, 0.4) is 0 Å². The number of hydrogen-bond donors (Lipinski definition) is 3. The zero-order chi connectivity index (χ0) is 22.5. The Morgan fingerprint density at radius 1 is 1.07 bits per heavy atom. The number of carboxylic acid groups (broad SMARTS) is 1. The maximum atomic E-state index is 13.6. The van der Waals surface area contributed by atoms with Crippen molar-refractivity contribution < 1.29 is 37.1 Å². The molecule has 3 N–H and O–H groups in total. The Labute approximate surface area is 172 Å². The van der Waals surface area contributed by atoms with Gasteiger partial charge in [0.25, 0.3) is 5.91 Å². The number of carbonyl (C=O) groups excluding carboxylic acids is 2. The zero-order valence-electron chi connectivity index (χ0n) is 15.1. The number of aliphatic carboxylic acids is 1. The Hall–Kier alpha value is -3.14. The van der Waals surface area contributed by atoms with Gasteiger partial charge < -0.3 is 15.7 Å². The van der Waals surface area contributed by atoms with Crippen molar-refractivity contribution in [2.45, 2.75) is 18.6 Å². The second-order valence-corrected chi connectivity index (χ2v) is 6.56. The molecule has 11 heteroatoms. The van der Waals surface area contributed by atoms with Gasteiger partial charge in [-0.3, -0.25) is 14.4 Å². The van der Waals surface area contributed by atoms with Gasteiger partial charge in [-0.15, -0.1) is 0 Å². The van der Waals surface area contributed by atoms with Gasteiger partial charge in [0.2, 0.25) is 5.91 Å². The second kappa shape index (κ2) is 9.57. The summed E-state index contributed by atoms with van der Waals surface area (Å²) in [5.41, 5.74) is -0.872. The summed E-state index contributed by atoms with van der Waals surface area (Å²) < 4.78 is 51.3. The van der Waals surface area contributed by atoms with E-state index in [-0.39, 0.29) is 16.1 Å². The highest BCUT2D eigenvalue weighted by atomic mass is 35.5. The minimum absolute atomic E-state index is 0.0994. The van der Waals surface area contributed by atoms with E-state index >= 15 is 0 Å². The number of benzene rings is 2. The van der Waals surface area contributed by atoms with Crippen molar-refractivity contribution in [1.29, 1.82) is 0 Å². The summed E-state index contributed by atoms with van der Waals surface area (Å²) in [6, 6.07) is 5.82. The van der Waals surface area contributed by atoms with Gasteiger partial charge >= 0.3 is 12.1 Å². The molecule has 0 aliphatic rings. The average Bonchev–Trinajstić information content (AvgIpc) is 2.67. The molecule has 0 unspecified atom stereocenters. The first-order chi connectivity index (χ1) is 14.0. The molecule has 0 spiro atoms. The molecule has 0 saturated carbocycles. The molecule has 0 radical (unpaired) electrons. The largest absolute Gasteiger partial charge is 0.481 e. The summed E-state index contributed by atoms with van der Waals surface area (Å²) in [7, 11) is 0. The first-order valence-electron chi connectivity index (χ1n) is 8.39. The lowest BCUT2D eigenvalue weighted by Crippen LogP contribution is -2.39. The molecule has 2 aromatic carbocycles. The summed E-state index contributed by atoms with van der Waals surface area (Å²) in [6.45, 7) is -0.577. The van der Waals surface area contributed by atoms with Crippen molar-refractivity contribution in [3.8, 4) is 0 Å². The van der Waals surface area contributed by atoms with Crippen LogP contribution in [-0.4, -0.2) is 29.4 Å². The minimum atomic E-state index is -4.55. The van der Waals surface area contributed by atoms with Crippen LogP contribution in [0.4, 0.5) is 17.6 Å². The fourth-order valence-electron chi connectivity index (χ4n) is 2.47. The quantitative estimate of drug-likeness (QED) is 0.567. The van der Waals surface area contributed by atoms with Crippen molar-refractivity contribution in [3.63, 3.8) is 0 Å². The minimum Gasteiger partial charge on any atom is -0.481 e. The monoisotopic (exact) mass is 446 g/mol. The molecule has 2 aromatic rings. The van der Waals surface area contributed by atoms with Crippen LogP contribution in [0, 0.1) is 5.82 Å². The molecule has 2 amide bonds. The van der Waals surface area contributed by atoms with Crippen LogP contribution in [0.25, 0.3) is 0 Å². The van der Waals surface area contributed by atoms with Crippen molar-refractivity contribution in [2.24, 2.45) is 0 Å². The van der Waals surface area contributed by atoms with Gasteiger partial charge in [0.1, 0.15) is 5.82 Å². The first-order valence-corrected chi connectivity index (χ1v) is 8.76. The number of nitrogens with one attached hydrogen (secondary N) is 2. The SMILES string of the molecule is O=C(O)C[C@H](NC(=O)CNC(=O)c1ccc(C(F)(F)F)cc1)c1ccc(Cl)c(F)c1. The predicted molar refractivity (Wildman–Crippen MR) is 98.3 cm³/mol. The predicted octanol–water partition coefficient (Wildman–Crippen LogP) is 3.56. The number of hydrogen-bond acceptors (Lipinski definition) is 3. The van der Waals surface area contributed by atoms with E-state index in [0.29, 0.717) is 0 Å². The highest BCUT2D eigenvalue weighted by molar-refractivity contribution is 6.30. The Morgan fingerprint density at radius 2 is 1.70 bits per heavy atom. The standard InChI is InChI=1S/C19H15ClF4N2O4/c20-13-6-3-11(7-14(13)21)15(8-17(28)29)26-16(27)9-25-18(30)10-1-4-12(5-2-10)19(22,23)24/h1-7,15H,8-9H2,(H,25,30)(H,26,27)(H,28,29)/t15-/m0/s1. The maximum absolute atomic E-state index is 13.6. The van der Waals surface area contributed by atoms with E-state index in [1.807, 2.05) is 0 Å². The van der Waals surface area contributed by atoms with Crippen LogP contribution >= 0.6 is 11.6 Å². The van der Waals surface area contributed by atoms with E-state index in [4.69, 9.17) is 16.7 Å². The van der Waals surface area contributed by atoms with E-state index < -0.39 is 54.3 Å². The summed E-state index contributed by atoms with van der Waals surface area (Å²) in [4.78, 5) is 35.1. The highest BCUT2D eigenvalue weighted by Gasteiger charge is 2.30. The molecule has 160 valence electrons. The molecule has 0 aliphatic heterocycles. The smallest absolute Gasteiger partial charge is 0.416 e.